The van der Waals surface area contributed by atoms with Crippen LogP contribution >= 0.6 is 23.2 Å². The second kappa shape index (κ2) is 10.4. The van der Waals surface area contributed by atoms with Crippen LogP contribution in [-0.4, -0.2) is 10.8 Å². The van der Waals surface area contributed by atoms with Gasteiger partial charge in [-0.2, -0.15) is 5.26 Å². The van der Waals surface area contributed by atoms with Crippen molar-refractivity contribution in [3.63, 3.8) is 0 Å². The van der Waals surface area contributed by atoms with Crippen LogP contribution < -0.4 is 10.1 Å². The van der Waals surface area contributed by atoms with E-state index in [1.54, 1.807) is 30.3 Å². The van der Waals surface area contributed by atoms with E-state index in [0.717, 1.165) is 11.6 Å². The van der Waals surface area contributed by atoms with Gasteiger partial charge in [0.2, 0.25) is 0 Å². The molecule has 7 nitrogen and oxygen atoms in total. The van der Waals surface area contributed by atoms with Crippen LogP contribution in [0.4, 0.5) is 11.4 Å². The summed E-state index contributed by atoms with van der Waals surface area (Å²) in [7, 11) is 0. The summed E-state index contributed by atoms with van der Waals surface area (Å²) < 4.78 is 5.76. The Hall–Kier alpha value is -3.86. The van der Waals surface area contributed by atoms with Gasteiger partial charge in [0.25, 0.3) is 11.6 Å². The number of rotatable bonds is 7. The lowest BCUT2D eigenvalue weighted by molar-refractivity contribution is -0.384. The number of benzene rings is 3. The molecule has 1 N–H and O–H groups in total. The van der Waals surface area contributed by atoms with E-state index in [9.17, 15) is 20.2 Å². The van der Waals surface area contributed by atoms with Crippen LogP contribution in [-0.2, 0) is 11.4 Å². The zero-order valence-corrected chi connectivity index (χ0v) is 17.9. The zero-order valence-electron chi connectivity index (χ0n) is 16.4. The Morgan fingerprint density at radius 1 is 1.09 bits per heavy atom. The van der Waals surface area contributed by atoms with Crippen molar-refractivity contribution in [3.05, 3.63) is 104 Å². The van der Waals surface area contributed by atoms with Crippen LogP contribution in [0.1, 0.15) is 11.1 Å². The minimum absolute atomic E-state index is 0.0313. The van der Waals surface area contributed by atoms with E-state index in [0.29, 0.717) is 16.3 Å². The highest BCUT2D eigenvalue weighted by atomic mass is 35.5. The topological polar surface area (TPSA) is 105 Å². The first-order valence-corrected chi connectivity index (χ1v) is 9.96. The Kier molecular flexibility index (Phi) is 7.45. The fourth-order valence-electron chi connectivity index (χ4n) is 2.70. The van der Waals surface area contributed by atoms with Gasteiger partial charge in [0.15, 0.2) is 0 Å². The van der Waals surface area contributed by atoms with Crippen molar-refractivity contribution >= 4 is 46.6 Å². The molecule has 3 rings (SSSR count). The number of nitrogens with one attached hydrogen (secondary N) is 1. The van der Waals surface area contributed by atoms with Gasteiger partial charge in [-0.15, -0.1) is 0 Å². The largest absolute Gasteiger partial charge is 0.489 e. The van der Waals surface area contributed by atoms with Gasteiger partial charge in [0.05, 0.1) is 15.6 Å². The van der Waals surface area contributed by atoms with Crippen LogP contribution in [0.25, 0.3) is 6.08 Å². The third-order valence-corrected chi connectivity index (χ3v) is 4.99. The van der Waals surface area contributed by atoms with E-state index >= 15 is 0 Å². The van der Waals surface area contributed by atoms with Crippen molar-refractivity contribution < 1.29 is 14.5 Å². The molecule has 160 valence electrons. The summed E-state index contributed by atoms with van der Waals surface area (Å²) in [6, 6.07) is 19.6. The number of halogens is 2. The average molecular weight is 468 g/mol. The molecule has 0 radical (unpaired) electrons. The number of nitro groups is 1. The minimum Gasteiger partial charge on any atom is -0.489 e. The summed E-state index contributed by atoms with van der Waals surface area (Å²) in [5.41, 5.74) is 0.953. The average Bonchev–Trinajstić information content (AvgIpc) is 2.78. The maximum atomic E-state index is 12.5. The number of amides is 1. The number of carbonyl (C=O) groups is 1. The number of non-ortho nitro benzene ring substituents is 1. The summed E-state index contributed by atoms with van der Waals surface area (Å²) in [5.74, 6) is -0.226. The Balaban J connectivity index is 1.76. The third kappa shape index (κ3) is 5.85. The lowest BCUT2D eigenvalue weighted by Crippen LogP contribution is -2.14. The van der Waals surface area contributed by atoms with E-state index in [1.807, 2.05) is 24.3 Å². The monoisotopic (exact) mass is 467 g/mol. The lowest BCUT2D eigenvalue weighted by atomic mass is 10.1. The number of nitrogens with zero attached hydrogens (tertiary/aromatic N) is 2. The highest BCUT2D eigenvalue weighted by Gasteiger charge is 2.15. The van der Waals surface area contributed by atoms with E-state index in [4.69, 9.17) is 27.9 Å². The fraction of sp³-hybridized carbons (Fsp3) is 0.0435. The maximum Gasteiger partial charge on any atom is 0.271 e. The Labute approximate surface area is 193 Å². The molecule has 0 unspecified atom stereocenters. The number of nitro benzene ring substituents is 1. The number of anilines is 1. The highest BCUT2D eigenvalue weighted by Crippen LogP contribution is 2.27. The first-order chi connectivity index (χ1) is 15.4. The van der Waals surface area contributed by atoms with Crippen molar-refractivity contribution in [1.82, 2.24) is 0 Å². The van der Waals surface area contributed by atoms with Crippen molar-refractivity contribution in [2.75, 3.05) is 5.32 Å². The van der Waals surface area contributed by atoms with Crippen LogP contribution in [0.15, 0.2) is 72.3 Å². The number of carbonyl (C=O) groups excluding carboxylic acids is 1. The molecule has 32 heavy (non-hydrogen) atoms. The Morgan fingerprint density at radius 2 is 1.88 bits per heavy atom. The molecular formula is C23H15Cl2N3O4. The van der Waals surface area contributed by atoms with Crippen molar-refractivity contribution in [3.8, 4) is 11.8 Å². The Bertz CT molecular complexity index is 1250. The molecule has 0 heterocycles. The molecule has 0 aliphatic carbocycles. The zero-order chi connectivity index (χ0) is 23.1. The molecule has 0 saturated carbocycles. The lowest BCUT2D eigenvalue weighted by Gasteiger charge is -2.09. The van der Waals surface area contributed by atoms with E-state index in [2.05, 4.69) is 5.32 Å². The van der Waals surface area contributed by atoms with Gasteiger partial charge in [-0.05, 0) is 35.9 Å². The van der Waals surface area contributed by atoms with Gasteiger partial charge < -0.3 is 10.1 Å². The molecule has 0 saturated heterocycles. The molecule has 0 spiro atoms. The smallest absolute Gasteiger partial charge is 0.271 e. The Morgan fingerprint density at radius 3 is 2.59 bits per heavy atom. The first-order valence-electron chi connectivity index (χ1n) is 9.20. The molecule has 9 heteroatoms. The van der Waals surface area contributed by atoms with Crippen molar-refractivity contribution in [1.29, 1.82) is 5.26 Å². The highest BCUT2D eigenvalue weighted by molar-refractivity contribution is 6.34. The van der Waals surface area contributed by atoms with E-state index in [1.165, 1.54) is 18.2 Å². The maximum absolute atomic E-state index is 12.5. The predicted octanol–water partition coefficient (Wildman–Crippen LogP) is 6.03. The normalized spacial score (nSPS) is 10.8. The van der Waals surface area contributed by atoms with E-state index < -0.39 is 10.8 Å². The van der Waals surface area contributed by atoms with Crippen LogP contribution in [0, 0.1) is 21.4 Å². The third-order valence-electron chi connectivity index (χ3n) is 4.30. The quantitative estimate of drug-likeness (QED) is 0.197. The molecule has 0 atom stereocenters. The fourth-order valence-corrected chi connectivity index (χ4v) is 3.05. The molecule has 3 aromatic carbocycles. The molecular weight excluding hydrogens is 453 g/mol. The summed E-state index contributed by atoms with van der Waals surface area (Å²) in [4.78, 5) is 22.9. The molecule has 0 fully saturated rings. The second-order valence-corrected chi connectivity index (χ2v) is 7.31. The number of ether oxygens (including phenoxy) is 1. The number of hydrogen-bond donors (Lipinski definition) is 1. The summed E-state index contributed by atoms with van der Waals surface area (Å²) >= 11 is 12.1. The summed E-state index contributed by atoms with van der Waals surface area (Å²) in [5, 5.41) is 23.5. The van der Waals surface area contributed by atoms with Gasteiger partial charge in [-0.3, -0.25) is 14.9 Å². The SMILES string of the molecule is N#C/C(=C\c1cccc(OCc2ccccc2Cl)c1)C(=O)Nc1cc([N+](=O)[O-])ccc1Cl. The molecule has 1 amide bonds. The molecule has 0 aromatic heterocycles. The van der Waals surface area contributed by atoms with Crippen LogP contribution in [0.5, 0.6) is 5.75 Å². The van der Waals surface area contributed by atoms with Crippen molar-refractivity contribution in [2.45, 2.75) is 6.61 Å². The van der Waals surface area contributed by atoms with Gasteiger partial charge in [-0.25, -0.2) is 0 Å². The van der Waals surface area contributed by atoms with Crippen LogP contribution in [0.2, 0.25) is 10.0 Å². The molecule has 0 aliphatic rings. The molecule has 0 bridgehead atoms. The van der Waals surface area contributed by atoms with E-state index in [-0.39, 0.29) is 28.6 Å². The molecule has 0 aliphatic heterocycles. The summed E-state index contributed by atoms with van der Waals surface area (Å²) in [6.07, 6.45) is 1.38. The number of hydrogen-bond acceptors (Lipinski definition) is 5. The standard InChI is InChI=1S/C23H15Cl2N3O4/c24-20-7-2-1-5-16(20)14-32-19-6-3-4-15(11-19)10-17(13-26)23(29)27-22-12-18(28(30)31)8-9-21(22)25/h1-12H,14H2,(H,27,29)/b17-10+. The first kappa shape index (κ1) is 22.8. The second-order valence-electron chi connectivity index (χ2n) is 6.50. The summed E-state index contributed by atoms with van der Waals surface area (Å²) in [6.45, 7) is 0.254. The van der Waals surface area contributed by atoms with Crippen molar-refractivity contribution in [2.24, 2.45) is 0 Å². The molecule has 3 aromatic rings. The van der Waals surface area contributed by atoms with Gasteiger partial charge in [-0.1, -0.05) is 53.5 Å². The minimum atomic E-state index is -0.753. The predicted molar refractivity (Wildman–Crippen MR) is 123 cm³/mol. The number of nitriles is 1. The van der Waals surface area contributed by atoms with Gasteiger partial charge in [0.1, 0.15) is 24.0 Å². The van der Waals surface area contributed by atoms with Gasteiger partial charge in [0, 0.05) is 22.7 Å². The van der Waals surface area contributed by atoms with Crippen LogP contribution in [0.3, 0.4) is 0 Å². The van der Waals surface area contributed by atoms with Gasteiger partial charge >= 0.3 is 0 Å².